The zero-order valence-electron chi connectivity index (χ0n) is 10.6. The van der Waals surface area contributed by atoms with E-state index in [2.05, 4.69) is 26.2 Å². The molecule has 106 valence electrons. The van der Waals surface area contributed by atoms with Gasteiger partial charge >= 0.3 is 5.97 Å². The van der Waals surface area contributed by atoms with E-state index in [1.807, 2.05) is 6.07 Å². The molecule has 0 saturated heterocycles. The van der Waals surface area contributed by atoms with Crippen molar-refractivity contribution < 1.29 is 14.3 Å². The molecule has 5 nitrogen and oxygen atoms in total. The molecule has 0 aliphatic heterocycles. The first-order chi connectivity index (χ1) is 10.0. The summed E-state index contributed by atoms with van der Waals surface area (Å²) in [4.78, 5) is 14.9. The number of carboxylic acids is 1. The fraction of sp³-hybridized carbons (Fsp3) is 0.0714. The van der Waals surface area contributed by atoms with Gasteiger partial charge in [-0.05, 0) is 40.2 Å². The Morgan fingerprint density at radius 1 is 1.48 bits per heavy atom. The van der Waals surface area contributed by atoms with Crippen molar-refractivity contribution in [3.63, 3.8) is 0 Å². The van der Waals surface area contributed by atoms with Crippen LogP contribution in [0, 0.1) is 17.1 Å². The first kappa shape index (κ1) is 14.9. The molecule has 21 heavy (non-hydrogen) atoms. The summed E-state index contributed by atoms with van der Waals surface area (Å²) in [5.41, 5.74) is 0.977. The number of aromatic nitrogens is 1. The van der Waals surface area contributed by atoms with Gasteiger partial charge in [-0.15, -0.1) is 0 Å². The average molecular weight is 350 g/mol. The average Bonchev–Trinajstić information content (AvgIpc) is 2.49. The second-order valence-corrected chi connectivity index (χ2v) is 4.89. The normalized spacial score (nSPS) is 9.95. The van der Waals surface area contributed by atoms with E-state index in [4.69, 9.17) is 10.4 Å². The molecule has 0 aliphatic carbocycles. The second-order valence-electron chi connectivity index (χ2n) is 4.10. The number of rotatable bonds is 4. The van der Waals surface area contributed by atoms with E-state index < -0.39 is 11.8 Å². The van der Waals surface area contributed by atoms with Crippen LogP contribution in [0.5, 0.6) is 0 Å². The summed E-state index contributed by atoms with van der Waals surface area (Å²) in [5, 5.41) is 20.5. The predicted octanol–water partition coefficient (Wildman–Crippen LogP) is 3.17. The Morgan fingerprint density at radius 2 is 2.24 bits per heavy atom. The molecular weight excluding hydrogens is 341 g/mol. The van der Waals surface area contributed by atoms with Gasteiger partial charge in [0.25, 0.3) is 0 Å². The van der Waals surface area contributed by atoms with Gasteiger partial charge in [0.15, 0.2) is 5.82 Å². The van der Waals surface area contributed by atoms with Crippen LogP contribution in [0.25, 0.3) is 0 Å². The van der Waals surface area contributed by atoms with Crippen LogP contribution in [0.15, 0.2) is 34.9 Å². The standard InChI is InChI=1S/C14H9BrFN3O2/c15-12-9(6-17)1-2-11(13(12)16)19-7-10-5-8(14(20)21)3-4-18-10/h1-5,19H,7H2,(H,20,21). The van der Waals surface area contributed by atoms with Crippen LogP contribution in [-0.2, 0) is 6.54 Å². The molecule has 0 amide bonds. The molecule has 0 spiro atoms. The van der Waals surface area contributed by atoms with Crippen LogP contribution in [0.2, 0.25) is 0 Å². The lowest BCUT2D eigenvalue weighted by molar-refractivity contribution is 0.0696. The highest BCUT2D eigenvalue weighted by atomic mass is 79.9. The summed E-state index contributed by atoms with van der Waals surface area (Å²) in [6.45, 7) is 0.163. The number of pyridine rings is 1. The van der Waals surface area contributed by atoms with E-state index >= 15 is 0 Å². The fourth-order valence-corrected chi connectivity index (χ4v) is 2.10. The maximum atomic E-state index is 14.0. The highest BCUT2D eigenvalue weighted by Crippen LogP contribution is 2.26. The van der Waals surface area contributed by atoms with Gasteiger partial charge in [0.1, 0.15) is 6.07 Å². The van der Waals surface area contributed by atoms with Gasteiger partial charge in [0.05, 0.1) is 33.5 Å². The summed E-state index contributed by atoms with van der Waals surface area (Å²) < 4.78 is 14.1. The largest absolute Gasteiger partial charge is 0.478 e. The third-order valence-electron chi connectivity index (χ3n) is 2.73. The molecule has 0 fully saturated rings. The van der Waals surface area contributed by atoms with E-state index in [-0.39, 0.29) is 27.8 Å². The van der Waals surface area contributed by atoms with Gasteiger partial charge in [0, 0.05) is 6.20 Å². The van der Waals surface area contributed by atoms with E-state index in [1.165, 1.54) is 30.5 Å². The smallest absolute Gasteiger partial charge is 0.335 e. The molecule has 0 aliphatic rings. The maximum Gasteiger partial charge on any atom is 0.335 e. The molecular formula is C14H9BrFN3O2. The van der Waals surface area contributed by atoms with E-state index in [0.717, 1.165) is 0 Å². The molecule has 7 heteroatoms. The van der Waals surface area contributed by atoms with Crippen molar-refractivity contribution in [2.24, 2.45) is 0 Å². The number of hydrogen-bond donors (Lipinski definition) is 2. The molecule has 1 aromatic carbocycles. The Kier molecular flexibility index (Phi) is 4.50. The van der Waals surface area contributed by atoms with Crippen molar-refractivity contribution in [2.75, 3.05) is 5.32 Å². The van der Waals surface area contributed by atoms with Gasteiger partial charge < -0.3 is 10.4 Å². The topological polar surface area (TPSA) is 86.0 Å². The Labute approximate surface area is 128 Å². The molecule has 2 rings (SSSR count). The lowest BCUT2D eigenvalue weighted by atomic mass is 10.2. The first-order valence-corrected chi connectivity index (χ1v) is 6.62. The summed E-state index contributed by atoms with van der Waals surface area (Å²) in [6, 6.07) is 7.58. The number of aromatic carboxylic acids is 1. The number of hydrogen-bond acceptors (Lipinski definition) is 4. The highest BCUT2D eigenvalue weighted by molar-refractivity contribution is 9.10. The zero-order chi connectivity index (χ0) is 15.4. The minimum absolute atomic E-state index is 0.0854. The molecule has 0 atom stereocenters. The SMILES string of the molecule is N#Cc1ccc(NCc2cc(C(=O)O)ccn2)c(F)c1Br. The number of benzene rings is 1. The number of nitrogens with one attached hydrogen (secondary N) is 1. The summed E-state index contributed by atoms with van der Waals surface area (Å²) in [6.07, 6.45) is 1.38. The molecule has 0 bridgehead atoms. The van der Waals surface area contributed by atoms with Gasteiger partial charge in [0.2, 0.25) is 0 Å². The van der Waals surface area contributed by atoms with Crippen molar-refractivity contribution in [3.05, 3.63) is 57.6 Å². The fourth-order valence-electron chi connectivity index (χ4n) is 1.67. The third-order valence-corrected chi connectivity index (χ3v) is 3.50. The molecule has 2 N–H and O–H groups in total. The van der Waals surface area contributed by atoms with Crippen molar-refractivity contribution in [1.82, 2.24) is 4.98 Å². The molecule has 0 saturated carbocycles. The van der Waals surface area contributed by atoms with E-state index in [1.54, 1.807) is 0 Å². The Balaban J connectivity index is 2.17. The summed E-state index contributed by atoms with van der Waals surface area (Å²) >= 11 is 3.02. The Hall–Kier alpha value is -2.46. The molecule has 0 unspecified atom stereocenters. The van der Waals surface area contributed by atoms with Crippen molar-refractivity contribution in [1.29, 1.82) is 5.26 Å². The van der Waals surface area contributed by atoms with Crippen LogP contribution >= 0.6 is 15.9 Å². The second kappa shape index (κ2) is 6.33. The zero-order valence-corrected chi connectivity index (χ0v) is 12.2. The number of anilines is 1. The number of carbonyl (C=O) groups is 1. The van der Waals surface area contributed by atoms with Crippen LogP contribution < -0.4 is 5.32 Å². The van der Waals surface area contributed by atoms with Crippen molar-refractivity contribution >= 4 is 27.6 Å². The predicted molar refractivity (Wildman–Crippen MR) is 77.3 cm³/mol. The minimum Gasteiger partial charge on any atom is -0.478 e. The van der Waals surface area contributed by atoms with Gasteiger partial charge in [-0.1, -0.05) is 0 Å². The molecule has 0 radical (unpaired) electrons. The molecule has 1 heterocycles. The van der Waals surface area contributed by atoms with Crippen molar-refractivity contribution in [3.8, 4) is 6.07 Å². The quantitative estimate of drug-likeness (QED) is 0.885. The lowest BCUT2D eigenvalue weighted by Crippen LogP contribution is -2.06. The number of carboxylic acid groups (broad SMARTS) is 1. The van der Waals surface area contributed by atoms with E-state index in [9.17, 15) is 9.18 Å². The number of halogens is 2. The Bertz CT molecular complexity index is 743. The summed E-state index contributed by atoms with van der Waals surface area (Å²) in [7, 11) is 0. The van der Waals surface area contributed by atoms with Gasteiger partial charge in [-0.2, -0.15) is 5.26 Å². The van der Waals surface area contributed by atoms with E-state index in [0.29, 0.717) is 5.69 Å². The van der Waals surface area contributed by atoms with Gasteiger partial charge in [-0.25, -0.2) is 9.18 Å². The first-order valence-electron chi connectivity index (χ1n) is 5.83. The van der Waals surface area contributed by atoms with Crippen LogP contribution in [0.4, 0.5) is 10.1 Å². The minimum atomic E-state index is -1.05. The maximum absolute atomic E-state index is 14.0. The summed E-state index contributed by atoms with van der Waals surface area (Å²) in [5.74, 6) is -1.63. The Morgan fingerprint density at radius 3 is 2.90 bits per heavy atom. The highest BCUT2D eigenvalue weighted by Gasteiger charge is 2.11. The molecule has 2 aromatic rings. The monoisotopic (exact) mass is 349 g/mol. The lowest BCUT2D eigenvalue weighted by Gasteiger charge is -2.09. The van der Waals surface area contributed by atoms with Crippen LogP contribution in [0.3, 0.4) is 0 Å². The van der Waals surface area contributed by atoms with Gasteiger partial charge in [-0.3, -0.25) is 4.98 Å². The van der Waals surface area contributed by atoms with Crippen LogP contribution in [-0.4, -0.2) is 16.1 Å². The molecule has 1 aromatic heterocycles. The number of nitrogens with zero attached hydrogens (tertiary/aromatic N) is 2. The van der Waals surface area contributed by atoms with Crippen LogP contribution in [0.1, 0.15) is 21.6 Å². The number of nitriles is 1. The third kappa shape index (κ3) is 3.35. The van der Waals surface area contributed by atoms with Crippen molar-refractivity contribution in [2.45, 2.75) is 6.54 Å².